The van der Waals surface area contributed by atoms with Crippen molar-refractivity contribution in [1.82, 2.24) is 4.90 Å². The first-order chi connectivity index (χ1) is 9.28. The largest absolute Gasteiger partial charge is 0.332 e. The van der Waals surface area contributed by atoms with Gasteiger partial charge in [0.2, 0.25) is 0 Å². The molecule has 1 atom stereocenters. The minimum absolute atomic E-state index is 0.00322. The molecule has 1 aliphatic carbocycles. The molecule has 1 aliphatic rings. The predicted molar refractivity (Wildman–Crippen MR) is 82.5 cm³/mol. The lowest BCUT2D eigenvalue weighted by Gasteiger charge is -2.29. The molecular formula is C14H18BrNO3S. The highest BCUT2D eigenvalue weighted by molar-refractivity contribution is 9.10. The second-order valence-electron chi connectivity index (χ2n) is 5.40. The van der Waals surface area contributed by atoms with Crippen LogP contribution in [0.2, 0.25) is 0 Å². The number of hydrogen-bond acceptors (Lipinski definition) is 3. The van der Waals surface area contributed by atoms with Gasteiger partial charge in [-0.05, 0) is 38.0 Å². The molecule has 4 nitrogen and oxygen atoms in total. The standard InChI is InChI=1S/C14H18BrNO3S/c1-10(9-20(2,18)19)16(13-6-7-13)14(17)11-4-3-5-12(15)8-11/h3-5,8,10,13H,6-7,9H2,1-2H3. The van der Waals surface area contributed by atoms with Gasteiger partial charge in [0.15, 0.2) is 0 Å². The van der Waals surface area contributed by atoms with Crippen LogP contribution in [0, 0.1) is 0 Å². The van der Waals surface area contributed by atoms with Crippen molar-refractivity contribution < 1.29 is 13.2 Å². The summed E-state index contributed by atoms with van der Waals surface area (Å²) in [4.78, 5) is 14.3. The first-order valence-corrected chi connectivity index (χ1v) is 9.39. The highest BCUT2D eigenvalue weighted by Crippen LogP contribution is 2.30. The molecule has 2 rings (SSSR count). The third-order valence-electron chi connectivity index (χ3n) is 3.27. The van der Waals surface area contributed by atoms with Crippen LogP contribution in [-0.4, -0.2) is 43.3 Å². The van der Waals surface area contributed by atoms with E-state index in [9.17, 15) is 13.2 Å². The first-order valence-electron chi connectivity index (χ1n) is 6.54. The Morgan fingerprint density at radius 2 is 2.10 bits per heavy atom. The molecule has 0 radical (unpaired) electrons. The van der Waals surface area contributed by atoms with Gasteiger partial charge in [0.1, 0.15) is 9.84 Å². The minimum atomic E-state index is -3.10. The van der Waals surface area contributed by atoms with Crippen LogP contribution in [0.4, 0.5) is 0 Å². The molecule has 1 unspecified atom stereocenters. The summed E-state index contributed by atoms with van der Waals surface area (Å²) in [5.74, 6) is -0.0894. The van der Waals surface area contributed by atoms with E-state index >= 15 is 0 Å². The second kappa shape index (κ2) is 5.85. The molecule has 0 aromatic heterocycles. The van der Waals surface area contributed by atoms with E-state index in [4.69, 9.17) is 0 Å². The maximum absolute atomic E-state index is 12.6. The van der Waals surface area contributed by atoms with Gasteiger partial charge in [-0.25, -0.2) is 8.42 Å². The molecule has 0 aliphatic heterocycles. The van der Waals surface area contributed by atoms with Crippen molar-refractivity contribution in [1.29, 1.82) is 0 Å². The summed E-state index contributed by atoms with van der Waals surface area (Å²) in [6.45, 7) is 1.80. The van der Waals surface area contributed by atoms with Gasteiger partial charge in [-0.15, -0.1) is 0 Å². The van der Waals surface area contributed by atoms with Crippen molar-refractivity contribution in [2.24, 2.45) is 0 Å². The summed E-state index contributed by atoms with van der Waals surface area (Å²) in [7, 11) is -3.10. The van der Waals surface area contributed by atoms with E-state index in [2.05, 4.69) is 15.9 Å². The number of sulfone groups is 1. The fraction of sp³-hybridized carbons (Fsp3) is 0.500. The van der Waals surface area contributed by atoms with E-state index in [1.165, 1.54) is 6.26 Å². The third kappa shape index (κ3) is 4.06. The Bertz CT molecular complexity index is 611. The molecule has 1 amide bonds. The Hall–Kier alpha value is -0.880. The van der Waals surface area contributed by atoms with Gasteiger partial charge in [0.05, 0.1) is 5.75 Å². The van der Waals surface area contributed by atoms with Crippen molar-refractivity contribution in [3.63, 3.8) is 0 Å². The van der Waals surface area contributed by atoms with Crippen LogP contribution >= 0.6 is 15.9 Å². The van der Waals surface area contributed by atoms with Gasteiger partial charge < -0.3 is 4.90 Å². The highest BCUT2D eigenvalue weighted by atomic mass is 79.9. The van der Waals surface area contributed by atoms with Crippen LogP contribution in [0.5, 0.6) is 0 Å². The molecule has 110 valence electrons. The Kier molecular flexibility index (Phi) is 4.54. The lowest BCUT2D eigenvalue weighted by Crippen LogP contribution is -2.43. The smallest absolute Gasteiger partial charge is 0.254 e. The zero-order valence-electron chi connectivity index (χ0n) is 11.5. The Balaban J connectivity index is 2.22. The van der Waals surface area contributed by atoms with Crippen LogP contribution in [0.15, 0.2) is 28.7 Å². The Morgan fingerprint density at radius 3 is 2.60 bits per heavy atom. The minimum Gasteiger partial charge on any atom is -0.332 e. The third-order valence-corrected chi connectivity index (χ3v) is 4.85. The van der Waals surface area contributed by atoms with E-state index in [-0.39, 0.29) is 23.7 Å². The molecule has 6 heteroatoms. The van der Waals surface area contributed by atoms with Crippen LogP contribution in [0.3, 0.4) is 0 Å². The number of benzene rings is 1. The Labute approximate surface area is 128 Å². The van der Waals surface area contributed by atoms with Crippen molar-refractivity contribution in [3.8, 4) is 0 Å². The maximum atomic E-state index is 12.6. The summed E-state index contributed by atoms with van der Waals surface area (Å²) < 4.78 is 23.8. The summed E-state index contributed by atoms with van der Waals surface area (Å²) in [6, 6.07) is 7.07. The van der Waals surface area contributed by atoms with Crippen molar-refractivity contribution in [2.45, 2.75) is 31.8 Å². The quantitative estimate of drug-likeness (QED) is 0.811. The number of halogens is 1. The van der Waals surface area contributed by atoms with E-state index < -0.39 is 9.84 Å². The molecule has 20 heavy (non-hydrogen) atoms. The lowest BCUT2D eigenvalue weighted by molar-refractivity contribution is 0.0692. The van der Waals surface area contributed by atoms with Gasteiger partial charge >= 0.3 is 0 Å². The Morgan fingerprint density at radius 1 is 1.45 bits per heavy atom. The van der Waals surface area contributed by atoms with Crippen molar-refractivity contribution in [3.05, 3.63) is 34.3 Å². The molecule has 0 bridgehead atoms. The highest BCUT2D eigenvalue weighted by Gasteiger charge is 2.37. The predicted octanol–water partition coefficient (Wildman–Crippen LogP) is 2.49. The zero-order valence-corrected chi connectivity index (χ0v) is 13.9. The number of rotatable bonds is 5. The number of amides is 1. The van der Waals surface area contributed by atoms with Gasteiger partial charge in [-0.1, -0.05) is 22.0 Å². The molecule has 0 heterocycles. The molecule has 0 N–H and O–H groups in total. The lowest BCUT2D eigenvalue weighted by atomic mass is 10.1. The maximum Gasteiger partial charge on any atom is 0.254 e. The van der Waals surface area contributed by atoms with Crippen LogP contribution < -0.4 is 0 Å². The number of carbonyl (C=O) groups excluding carboxylic acids is 1. The van der Waals surface area contributed by atoms with Gasteiger partial charge in [-0.3, -0.25) is 4.79 Å². The molecule has 1 aromatic carbocycles. The second-order valence-corrected chi connectivity index (χ2v) is 8.50. The van der Waals surface area contributed by atoms with Gasteiger partial charge in [-0.2, -0.15) is 0 Å². The van der Waals surface area contributed by atoms with E-state index in [1.807, 2.05) is 12.1 Å². The van der Waals surface area contributed by atoms with Crippen molar-refractivity contribution in [2.75, 3.05) is 12.0 Å². The van der Waals surface area contributed by atoms with Gasteiger partial charge in [0, 0.05) is 28.4 Å². The summed E-state index contributed by atoms with van der Waals surface area (Å²) in [5, 5.41) is 0. The molecule has 0 saturated heterocycles. The van der Waals surface area contributed by atoms with Crippen molar-refractivity contribution >= 4 is 31.7 Å². The number of carbonyl (C=O) groups is 1. The fourth-order valence-electron chi connectivity index (χ4n) is 2.37. The normalized spacial score (nSPS) is 16.8. The number of nitrogens with zero attached hydrogens (tertiary/aromatic N) is 1. The summed E-state index contributed by atoms with van der Waals surface area (Å²) in [5.41, 5.74) is 0.589. The SMILES string of the molecule is CC(CS(C)(=O)=O)N(C(=O)c1cccc(Br)c1)C1CC1. The average Bonchev–Trinajstić information content (AvgIpc) is 3.11. The van der Waals surface area contributed by atoms with Crippen LogP contribution in [-0.2, 0) is 9.84 Å². The van der Waals surface area contributed by atoms with Crippen LogP contribution in [0.1, 0.15) is 30.1 Å². The number of hydrogen-bond donors (Lipinski definition) is 0. The zero-order chi connectivity index (χ0) is 14.9. The molecule has 1 fully saturated rings. The van der Waals surface area contributed by atoms with E-state index in [0.717, 1.165) is 17.3 Å². The topological polar surface area (TPSA) is 54.5 Å². The molecule has 1 saturated carbocycles. The monoisotopic (exact) mass is 359 g/mol. The first kappa shape index (κ1) is 15.5. The summed E-state index contributed by atoms with van der Waals surface area (Å²) >= 11 is 3.35. The fourth-order valence-corrected chi connectivity index (χ4v) is 3.80. The van der Waals surface area contributed by atoms with E-state index in [0.29, 0.717) is 5.56 Å². The molecular weight excluding hydrogens is 342 g/mol. The van der Waals surface area contributed by atoms with E-state index in [1.54, 1.807) is 24.0 Å². The summed E-state index contributed by atoms with van der Waals surface area (Å²) in [6.07, 6.45) is 3.11. The molecule has 0 spiro atoms. The molecule has 1 aromatic rings. The van der Waals surface area contributed by atoms with Crippen LogP contribution in [0.25, 0.3) is 0 Å². The average molecular weight is 360 g/mol. The van der Waals surface area contributed by atoms with Gasteiger partial charge in [0.25, 0.3) is 5.91 Å².